The van der Waals surface area contributed by atoms with Gasteiger partial charge in [-0.15, -0.1) is 0 Å². The van der Waals surface area contributed by atoms with Gasteiger partial charge in [-0.25, -0.2) is 0 Å². The van der Waals surface area contributed by atoms with Gasteiger partial charge in [-0.2, -0.15) is 0 Å². The summed E-state index contributed by atoms with van der Waals surface area (Å²) in [5, 5.41) is 10.8. The molecule has 0 amide bonds. The lowest BCUT2D eigenvalue weighted by molar-refractivity contribution is -0.157. The van der Waals surface area contributed by atoms with E-state index in [2.05, 4.69) is 41.5 Å². The predicted molar refractivity (Wildman–Crippen MR) is 134 cm³/mol. The Morgan fingerprint density at radius 2 is 1.76 bits per heavy atom. The number of ketones is 2. The highest BCUT2D eigenvalue weighted by atomic mass is 16.3. The molecule has 0 saturated heterocycles. The summed E-state index contributed by atoms with van der Waals surface area (Å²) in [5.41, 5.74) is 2.15. The van der Waals surface area contributed by atoms with Gasteiger partial charge in [0.15, 0.2) is 11.6 Å². The number of aliphatic hydroxyl groups excluding tert-OH is 1. The van der Waals surface area contributed by atoms with Gasteiger partial charge in [0, 0.05) is 17.8 Å². The zero-order valence-electron chi connectivity index (χ0n) is 22.3. The lowest BCUT2D eigenvalue weighted by Gasteiger charge is -2.63. The quantitative estimate of drug-likeness (QED) is 0.481. The van der Waals surface area contributed by atoms with Crippen LogP contribution in [-0.2, 0) is 9.59 Å². The minimum absolute atomic E-state index is 0.0122. The Labute approximate surface area is 201 Å². The molecular formula is C30H46O3. The van der Waals surface area contributed by atoms with Crippen LogP contribution in [0.2, 0.25) is 0 Å². The van der Waals surface area contributed by atoms with E-state index in [-0.39, 0.29) is 39.1 Å². The zero-order chi connectivity index (χ0) is 24.6. The molecule has 33 heavy (non-hydrogen) atoms. The molecule has 3 saturated carbocycles. The molecule has 0 aromatic heterocycles. The van der Waals surface area contributed by atoms with Crippen LogP contribution in [-0.4, -0.2) is 22.8 Å². The fourth-order valence-electron chi connectivity index (χ4n) is 9.38. The van der Waals surface area contributed by atoms with Crippen LogP contribution < -0.4 is 0 Å². The molecule has 4 rings (SSSR count). The maximum atomic E-state index is 13.7. The molecule has 0 heterocycles. The van der Waals surface area contributed by atoms with Crippen molar-refractivity contribution in [3.8, 4) is 0 Å². The van der Waals surface area contributed by atoms with Gasteiger partial charge < -0.3 is 5.11 Å². The van der Waals surface area contributed by atoms with Crippen molar-refractivity contribution in [2.24, 2.45) is 45.3 Å². The minimum atomic E-state index is -0.408. The number of carbonyl (C=O) groups excluding carboxylic acids is 2. The van der Waals surface area contributed by atoms with Gasteiger partial charge in [0.2, 0.25) is 0 Å². The van der Waals surface area contributed by atoms with Crippen molar-refractivity contribution < 1.29 is 14.7 Å². The fraction of sp³-hybridized carbons (Fsp3) is 0.800. The molecule has 0 aliphatic heterocycles. The molecule has 3 nitrogen and oxygen atoms in total. The van der Waals surface area contributed by atoms with Crippen LogP contribution in [0.4, 0.5) is 0 Å². The predicted octanol–water partition coefficient (Wildman–Crippen LogP) is 6.69. The van der Waals surface area contributed by atoms with E-state index in [9.17, 15) is 14.7 Å². The lowest BCUT2D eigenvalue weighted by atomic mass is 9.40. The summed E-state index contributed by atoms with van der Waals surface area (Å²) in [6.45, 7) is 17.7. The summed E-state index contributed by atoms with van der Waals surface area (Å²) in [5.74, 6) is 1.67. The van der Waals surface area contributed by atoms with E-state index in [0.717, 1.165) is 44.1 Å². The Hall–Kier alpha value is -1.22. The molecule has 1 N–H and O–H groups in total. The number of hydrogen-bond acceptors (Lipinski definition) is 3. The Bertz CT molecular complexity index is 906. The number of hydrogen-bond donors (Lipinski definition) is 1. The van der Waals surface area contributed by atoms with Crippen molar-refractivity contribution in [1.29, 1.82) is 0 Å². The number of allylic oxidation sites excluding steroid dienone is 4. The number of aliphatic hydroxyl groups is 1. The maximum absolute atomic E-state index is 13.7. The van der Waals surface area contributed by atoms with Gasteiger partial charge in [0.1, 0.15) is 0 Å². The van der Waals surface area contributed by atoms with Crippen LogP contribution in [0, 0.1) is 45.3 Å². The van der Waals surface area contributed by atoms with Gasteiger partial charge in [0.05, 0.1) is 6.10 Å². The minimum Gasteiger partial charge on any atom is -0.393 e. The Balaban J connectivity index is 1.69. The summed E-state index contributed by atoms with van der Waals surface area (Å²) in [7, 11) is 0. The van der Waals surface area contributed by atoms with E-state index in [4.69, 9.17) is 0 Å². The summed E-state index contributed by atoms with van der Waals surface area (Å²) in [4.78, 5) is 26.3. The Morgan fingerprint density at radius 1 is 1.09 bits per heavy atom. The number of rotatable bonds is 4. The standard InChI is InChI=1S/C30H46O3/c1-18(2)15-20(31)16-19(3)21-9-13-30(8)23-17-24(32)26-27(4,5)25(33)11-12-28(26,6)22(23)10-14-29(21,30)7/h15,17,19,21-22,25-26,33H,9-14,16H2,1-8H3/t19-,21-,22-,25-,26-,28+,29-,30+/m0/s1. The first-order valence-electron chi connectivity index (χ1n) is 13.3. The second-order valence-corrected chi connectivity index (χ2v) is 13.7. The molecule has 0 unspecified atom stereocenters. The first-order valence-corrected chi connectivity index (χ1v) is 13.3. The first-order chi connectivity index (χ1) is 15.2. The monoisotopic (exact) mass is 454 g/mol. The highest BCUT2D eigenvalue weighted by Gasteiger charge is 2.66. The SMILES string of the molecule is CC(C)=CC(=O)C[C@H](C)[C@@H]1CC[C@]2(C)C3=CC(=O)[C@H]4C(C)(C)[C@@H](O)CC[C@]4(C)[C@H]3CC[C@@]12C. The molecule has 0 bridgehead atoms. The van der Waals surface area contributed by atoms with Crippen LogP contribution >= 0.6 is 0 Å². The average Bonchev–Trinajstić information content (AvgIpc) is 2.96. The van der Waals surface area contributed by atoms with E-state index >= 15 is 0 Å². The third kappa shape index (κ3) is 3.46. The van der Waals surface area contributed by atoms with Crippen LogP contribution in [0.15, 0.2) is 23.3 Å². The molecule has 0 aromatic carbocycles. The van der Waals surface area contributed by atoms with E-state index < -0.39 is 6.10 Å². The van der Waals surface area contributed by atoms with Crippen molar-refractivity contribution >= 4 is 11.6 Å². The van der Waals surface area contributed by atoms with Crippen molar-refractivity contribution in [3.63, 3.8) is 0 Å². The number of fused-ring (bicyclic) bond motifs is 5. The van der Waals surface area contributed by atoms with Crippen LogP contribution in [0.3, 0.4) is 0 Å². The summed E-state index contributed by atoms with van der Waals surface area (Å²) in [6.07, 6.45) is 10.3. The van der Waals surface area contributed by atoms with Crippen LogP contribution in [0.5, 0.6) is 0 Å². The molecule has 0 spiro atoms. The van der Waals surface area contributed by atoms with Gasteiger partial charge in [0.25, 0.3) is 0 Å². The summed E-state index contributed by atoms with van der Waals surface area (Å²) >= 11 is 0. The van der Waals surface area contributed by atoms with Crippen LogP contribution in [0.25, 0.3) is 0 Å². The molecule has 3 heteroatoms. The molecule has 0 aromatic rings. The molecule has 184 valence electrons. The Morgan fingerprint density at radius 3 is 2.39 bits per heavy atom. The molecular weight excluding hydrogens is 408 g/mol. The van der Waals surface area contributed by atoms with Crippen molar-refractivity contribution in [2.45, 2.75) is 106 Å². The van der Waals surface area contributed by atoms with E-state index in [0.29, 0.717) is 24.2 Å². The smallest absolute Gasteiger partial charge is 0.159 e. The maximum Gasteiger partial charge on any atom is 0.159 e. The third-order valence-corrected chi connectivity index (χ3v) is 11.3. The van der Waals surface area contributed by atoms with Crippen molar-refractivity contribution in [2.75, 3.05) is 0 Å². The molecule has 3 fully saturated rings. The topological polar surface area (TPSA) is 54.4 Å². The van der Waals surface area contributed by atoms with Crippen molar-refractivity contribution in [3.05, 3.63) is 23.3 Å². The summed E-state index contributed by atoms with van der Waals surface area (Å²) in [6, 6.07) is 0. The van der Waals surface area contributed by atoms with Crippen molar-refractivity contribution in [1.82, 2.24) is 0 Å². The van der Waals surface area contributed by atoms with Gasteiger partial charge in [-0.05, 0) is 98.5 Å². The second kappa shape index (κ2) is 7.90. The van der Waals surface area contributed by atoms with E-state index in [1.165, 1.54) is 5.57 Å². The normalized spacial score (nSPS) is 44.8. The first kappa shape index (κ1) is 24.9. The Kier molecular flexibility index (Phi) is 5.96. The van der Waals surface area contributed by atoms with Gasteiger partial charge in [-0.1, -0.05) is 52.7 Å². The molecule has 8 atom stereocenters. The average molecular weight is 455 g/mol. The van der Waals surface area contributed by atoms with Crippen LogP contribution in [0.1, 0.15) is 100 Å². The number of carbonyl (C=O) groups is 2. The third-order valence-electron chi connectivity index (χ3n) is 11.3. The molecule has 4 aliphatic rings. The highest BCUT2D eigenvalue weighted by molar-refractivity contribution is 5.95. The molecule has 0 radical (unpaired) electrons. The second-order valence-electron chi connectivity index (χ2n) is 13.7. The van der Waals surface area contributed by atoms with E-state index in [1.54, 1.807) is 6.08 Å². The molecule has 4 aliphatic carbocycles. The van der Waals surface area contributed by atoms with Gasteiger partial charge >= 0.3 is 0 Å². The fourth-order valence-corrected chi connectivity index (χ4v) is 9.38. The zero-order valence-corrected chi connectivity index (χ0v) is 22.3. The lowest BCUT2D eigenvalue weighted by Crippen LogP contribution is -2.60. The highest BCUT2D eigenvalue weighted by Crippen LogP contribution is 2.72. The van der Waals surface area contributed by atoms with E-state index in [1.807, 2.05) is 19.9 Å². The van der Waals surface area contributed by atoms with Gasteiger partial charge in [-0.3, -0.25) is 9.59 Å². The summed E-state index contributed by atoms with van der Waals surface area (Å²) < 4.78 is 0. The largest absolute Gasteiger partial charge is 0.393 e.